The first-order chi connectivity index (χ1) is 14.5. The fraction of sp³-hybridized carbons (Fsp3) is 0.300. The van der Waals surface area contributed by atoms with E-state index in [2.05, 4.69) is 10.3 Å². The highest BCUT2D eigenvalue weighted by Crippen LogP contribution is 2.39. The number of fused-ring (bicyclic) bond motifs is 2. The summed E-state index contributed by atoms with van der Waals surface area (Å²) in [6, 6.07) is 9.63. The van der Waals surface area contributed by atoms with Gasteiger partial charge in [-0.25, -0.2) is 13.4 Å². The van der Waals surface area contributed by atoms with Crippen molar-refractivity contribution in [2.75, 3.05) is 25.2 Å². The lowest BCUT2D eigenvalue weighted by Gasteiger charge is -2.25. The second-order valence-corrected chi connectivity index (χ2v) is 10.1. The van der Waals surface area contributed by atoms with Crippen LogP contribution in [-0.4, -0.2) is 43.5 Å². The van der Waals surface area contributed by atoms with E-state index in [4.69, 9.17) is 9.47 Å². The lowest BCUT2D eigenvalue weighted by atomic mass is 10.2. The molecule has 2 aliphatic heterocycles. The van der Waals surface area contributed by atoms with Crippen molar-refractivity contribution in [2.45, 2.75) is 24.2 Å². The molecule has 0 radical (unpaired) electrons. The number of hydrogen-bond acceptors (Lipinski definition) is 7. The van der Waals surface area contributed by atoms with Gasteiger partial charge in [-0.3, -0.25) is 10.1 Å². The Kier molecular flexibility index (Phi) is 4.84. The van der Waals surface area contributed by atoms with Gasteiger partial charge in [-0.2, -0.15) is 4.31 Å². The van der Waals surface area contributed by atoms with E-state index in [0.29, 0.717) is 40.8 Å². The van der Waals surface area contributed by atoms with Gasteiger partial charge in [0.1, 0.15) is 0 Å². The van der Waals surface area contributed by atoms with Crippen molar-refractivity contribution in [3.05, 3.63) is 42.0 Å². The van der Waals surface area contributed by atoms with E-state index in [-0.39, 0.29) is 17.6 Å². The first-order valence-electron chi connectivity index (χ1n) is 9.62. The Labute approximate surface area is 177 Å². The molecular formula is C20H19N3O5S2. The summed E-state index contributed by atoms with van der Waals surface area (Å²) in [6.07, 6.45) is 2.81. The van der Waals surface area contributed by atoms with Gasteiger partial charge in [0.05, 0.1) is 15.1 Å². The maximum atomic E-state index is 12.7. The third-order valence-electron chi connectivity index (χ3n) is 5.17. The molecule has 0 bridgehead atoms. The van der Waals surface area contributed by atoms with Crippen molar-refractivity contribution >= 4 is 42.6 Å². The molecule has 0 atom stereocenters. The van der Waals surface area contributed by atoms with Crippen molar-refractivity contribution in [1.82, 2.24) is 9.29 Å². The molecule has 0 aliphatic carbocycles. The first-order valence-corrected chi connectivity index (χ1v) is 11.9. The Morgan fingerprint density at radius 3 is 2.47 bits per heavy atom. The number of thiazole rings is 1. The minimum atomic E-state index is -3.52. The van der Waals surface area contributed by atoms with E-state index < -0.39 is 10.0 Å². The molecule has 1 N–H and O–H groups in total. The molecule has 1 saturated heterocycles. The average molecular weight is 446 g/mol. The fourth-order valence-electron chi connectivity index (χ4n) is 3.57. The minimum absolute atomic E-state index is 0.194. The number of nitrogens with zero attached hydrogens (tertiary/aromatic N) is 2. The summed E-state index contributed by atoms with van der Waals surface area (Å²) >= 11 is 1.33. The first kappa shape index (κ1) is 19.3. The zero-order valence-electron chi connectivity index (χ0n) is 16.0. The minimum Gasteiger partial charge on any atom is -0.454 e. The molecule has 0 saturated carbocycles. The smallest absolute Gasteiger partial charge is 0.257 e. The van der Waals surface area contributed by atoms with Crippen LogP contribution in [0.1, 0.15) is 29.6 Å². The monoisotopic (exact) mass is 445 g/mol. The van der Waals surface area contributed by atoms with E-state index in [1.807, 2.05) is 6.07 Å². The molecule has 30 heavy (non-hydrogen) atoms. The second kappa shape index (κ2) is 7.53. The molecule has 3 aromatic rings. The van der Waals surface area contributed by atoms with E-state index in [1.54, 1.807) is 6.07 Å². The van der Waals surface area contributed by atoms with Crippen LogP contribution in [0.2, 0.25) is 0 Å². The molecule has 8 nitrogen and oxygen atoms in total. The molecule has 156 valence electrons. The lowest BCUT2D eigenvalue weighted by Crippen LogP contribution is -2.35. The average Bonchev–Trinajstić information content (AvgIpc) is 3.37. The van der Waals surface area contributed by atoms with Crippen LogP contribution in [0.4, 0.5) is 5.13 Å². The molecular weight excluding hydrogens is 426 g/mol. The van der Waals surface area contributed by atoms with Gasteiger partial charge in [-0.1, -0.05) is 17.8 Å². The van der Waals surface area contributed by atoms with Crippen LogP contribution in [0.3, 0.4) is 0 Å². The number of anilines is 1. The number of ether oxygens (including phenoxy) is 2. The summed E-state index contributed by atoms with van der Waals surface area (Å²) in [5.41, 5.74) is 1.07. The highest BCUT2D eigenvalue weighted by atomic mass is 32.2. The number of piperidine rings is 1. The maximum Gasteiger partial charge on any atom is 0.257 e. The third-order valence-corrected chi connectivity index (χ3v) is 8.02. The maximum absolute atomic E-state index is 12.7. The molecule has 2 aromatic carbocycles. The predicted octanol–water partition coefficient (Wildman–Crippen LogP) is 3.45. The quantitative estimate of drug-likeness (QED) is 0.661. The van der Waals surface area contributed by atoms with E-state index in [1.165, 1.54) is 39.9 Å². The zero-order valence-corrected chi connectivity index (χ0v) is 17.6. The summed E-state index contributed by atoms with van der Waals surface area (Å²) in [4.78, 5) is 17.2. The number of sulfonamides is 1. The van der Waals surface area contributed by atoms with Crippen LogP contribution in [0.5, 0.6) is 11.5 Å². The number of benzene rings is 2. The Morgan fingerprint density at radius 1 is 1.03 bits per heavy atom. The summed E-state index contributed by atoms with van der Waals surface area (Å²) in [5, 5.41) is 3.22. The van der Waals surface area contributed by atoms with E-state index in [9.17, 15) is 13.2 Å². The Morgan fingerprint density at radius 2 is 1.73 bits per heavy atom. The normalized spacial score (nSPS) is 16.7. The highest BCUT2D eigenvalue weighted by molar-refractivity contribution is 7.89. The number of rotatable bonds is 4. The molecule has 1 amide bonds. The van der Waals surface area contributed by atoms with Crippen molar-refractivity contribution in [3.63, 3.8) is 0 Å². The van der Waals surface area contributed by atoms with Gasteiger partial charge in [0, 0.05) is 30.8 Å². The predicted molar refractivity (Wildman–Crippen MR) is 113 cm³/mol. The second-order valence-electron chi connectivity index (χ2n) is 7.14. The van der Waals surface area contributed by atoms with Crippen molar-refractivity contribution in [2.24, 2.45) is 0 Å². The summed E-state index contributed by atoms with van der Waals surface area (Å²) < 4.78 is 38.6. The molecule has 5 rings (SSSR count). The van der Waals surface area contributed by atoms with Crippen molar-refractivity contribution in [1.29, 1.82) is 0 Å². The number of nitrogens with one attached hydrogen (secondary N) is 1. The topological polar surface area (TPSA) is 97.8 Å². The number of hydrogen-bond donors (Lipinski definition) is 1. The largest absolute Gasteiger partial charge is 0.454 e. The highest BCUT2D eigenvalue weighted by Gasteiger charge is 2.26. The van der Waals surface area contributed by atoms with Crippen LogP contribution >= 0.6 is 11.3 Å². The standard InChI is InChI=1S/C20H19N3O5S2/c24-19(22-20-21-15-10-16-17(28-12-27-16)11-18(15)29-20)13-4-6-14(7-5-13)30(25,26)23-8-2-1-3-9-23/h4-7,10-11H,1-3,8-9,12H2,(H,21,22,24). The number of carbonyl (C=O) groups is 1. The van der Waals surface area contributed by atoms with Gasteiger partial charge in [0.2, 0.25) is 16.8 Å². The SMILES string of the molecule is O=C(Nc1nc2cc3c(cc2s1)OCO3)c1ccc(S(=O)(=O)N2CCCCC2)cc1. The van der Waals surface area contributed by atoms with Crippen LogP contribution in [0.15, 0.2) is 41.3 Å². The summed E-state index contributed by atoms with van der Waals surface area (Å²) in [5.74, 6) is 0.946. The molecule has 2 aliphatic rings. The third kappa shape index (κ3) is 3.51. The van der Waals surface area contributed by atoms with Crippen molar-refractivity contribution in [3.8, 4) is 11.5 Å². The van der Waals surface area contributed by atoms with Gasteiger partial charge in [-0.05, 0) is 37.1 Å². The van der Waals surface area contributed by atoms with Crippen LogP contribution in [0.25, 0.3) is 10.2 Å². The van der Waals surface area contributed by atoms with Crippen LogP contribution in [-0.2, 0) is 10.0 Å². The van der Waals surface area contributed by atoms with Crippen LogP contribution in [0, 0.1) is 0 Å². The Balaban J connectivity index is 1.32. The Hall–Kier alpha value is -2.69. The Bertz CT molecular complexity index is 1170. The number of amides is 1. The zero-order chi connectivity index (χ0) is 20.7. The van der Waals surface area contributed by atoms with Gasteiger partial charge in [0.15, 0.2) is 16.6 Å². The molecule has 10 heteroatoms. The van der Waals surface area contributed by atoms with Gasteiger partial charge < -0.3 is 9.47 Å². The molecule has 0 unspecified atom stereocenters. The number of carbonyl (C=O) groups excluding carboxylic acids is 1. The van der Waals surface area contributed by atoms with Crippen molar-refractivity contribution < 1.29 is 22.7 Å². The summed E-state index contributed by atoms with van der Waals surface area (Å²) in [6.45, 7) is 1.28. The van der Waals surface area contributed by atoms with Gasteiger partial charge >= 0.3 is 0 Å². The molecule has 0 spiro atoms. The van der Waals surface area contributed by atoms with E-state index in [0.717, 1.165) is 24.0 Å². The van der Waals surface area contributed by atoms with E-state index >= 15 is 0 Å². The summed E-state index contributed by atoms with van der Waals surface area (Å²) in [7, 11) is -3.52. The van der Waals surface area contributed by atoms with Crippen LogP contribution < -0.4 is 14.8 Å². The lowest BCUT2D eigenvalue weighted by molar-refractivity contribution is 0.102. The molecule has 1 fully saturated rings. The fourth-order valence-corrected chi connectivity index (χ4v) is 5.96. The molecule has 3 heterocycles. The number of aromatic nitrogens is 1. The molecule has 1 aromatic heterocycles. The van der Waals surface area contributed by atoms with Gasteiger partial charge in [0.25, 0.3) is 5.91 Å². The van der Waals surface area contributed by atoms with Gasteiger partial charge in [-0.15, -0.1) is 0 Å².